The third kappa shape index (κ3) is 2.87. The van der Waals surface area contributed by atoms with Crippen LogP contribution in [-0.4, -0.2) is 21.8 Å². The lowest BCUT2D eigenvalue weighted by atomic mass is 9.80. The highest BCUT2D eigenvalue weighted by Crippen LogP contribution is 2.42. The molecule has 0 heterocycles. The Bertz CT molecular complexity index is 1200. The molecule has 2 N–H and O–H groups in total. The normalized spacial score (nSPS) is 13.9. The first-order valence-corrected chi connectivity index (χ1v) is 9.04. The van der Waals surface area contributed by atoms with Crippen LogP contribution in [0.3, 0.4) is 0 Å². The Kier molecular flexibility index (Phi) is 4.46. The second-order valence-electron chi connectivity index (χ2n) is 6.28. The van der Waals surface area contributed by atoms with Crippen molar-refractivity contribution in [1.29, 1.82) is 0 Å². The number of allylic oxidation sites excluding steroid dienone is 1. The van der Waals surface area contributed by atoms with Gasteiger partial charge in [0.2, 0.25) is 0 Å². The van der Waals surface area contributed by atoms with Crippen molar-refractivity contribution in [2.75, 3.05) is 0 Å². The minimum atomic E-state index is -0.420. The molecule has 0 spiro atoms. The third-order valence-electron chi connectivity index (χ3n) is 4.60. The molecule has 0 radical (unpaired) electrons. The predicted molar refractivity (Wildman–Crippen MR) is 108 cm³/mol. The van der Waals surface area contributed by atoms with Crippen LogP contribution in [0.1, 0.15) is 37.4 Å². The third-order valence-corrected chi connectivity index (χ3v) is 5.23. The number of phenols is 2. The quantitative estimate of drug-likeness (QED) is 0.268. The van der Waals surface area contributed by atoms with Crippen LogP contribution in [0.2, 0.25) is 10.0 Å². The van der Waals surface area contributed by atoms with Gasteiger partial charge in [-0.05, 0) is 47.5 Å². The number of rotatable bonds is 2. The topological polar surface area (TPSA) is 74.6 Å². The molecule has 0 aliphatic heterocycles. The second-order valence-corrected chi connectivity index (χ2v) is 7.09. The molecule has 138 valence electrons. The molecule has 0 unspecified atom stereocenters. The van der Waals surface area contributed by atoms with E-state index in [-0.39, 0.29) is 27.7 Å². The highest BCUT2D eigenvalue weighted by atomic mass is 35.5. The van der Waals surface area contributed by atoms with Gasteiger partial charge in [-0.3, -0.25) is 9.59 Å². The van der Waals surface area contributed by atoms with Crippen LogP contribution in [0.25, 0.3) is 5.57 Å². The van der Waals surface area contributed by atoms with Crippen LogP contribution in [-0.2, 0) is 0 Å². The maximum Gasteiger partial charge on any atom is 0.195 e. The number of carbonyl (C=O) groups excluding carboxylic acids is 2. The van der Waals surface area contributed by atoms with Gasteiger partial charge < -0.3 is 10.2 Å². The van der Waals surface area contributed by atoms with E-state index in [0.717, 1.165) is 0 Å². The first kappa shape index (κ1) is 18.3. The fraction of sp³-hybridized carbons (Fsp3) is 0. The molecule has 3 aromatic rings. The molecule has 1 aliphatic rings. The van der Waals surface area contributed by atoms with E-state index in [2.05, 4.69) is 0 Å². The number of hydrogen-bond acceptors (Lipinski definition) is 4. The maximum atomic E-state index is 12.9. The van der Waals surface area contributed by atoms with Crippen molar-refractivity contribution < 1.29 is 19.8 Å². The summed E-state index contributed by atoms with van der Waals surface area (Å²) in [6, 6.07) is 13.8. The smallest absolute Gasteiger partial charge is 0.195 e. The van der Waals surface area contributed by atoms with Gasteiger partial charge >= 0.3 is 0 Å². The first-order valence-electron chi connectivity index (χ1n) is 8.29. The van der Waals surface area contributed by atoms with Crippen LogP contribution in [0, 0.1) is 0 Å². The Labute approximate surface area is 170 Å². The van der Waals surface area contributed by atoms with Crippen molar-refractivity contribution in [1.82, 2.24) is 0 Å². The number of carbonyl (C=O) groups is 2. The number of phenolic OH excluding ortho intramolecular Hbond substituents is 2. The molecule has 3 aromatic carbocycles. The minimum Gasteiger partial charge on any atom is -0.504 e. The largest absolute Gasteiger partial charge is 0.504 e. The Balaban J connectivity index is 1.97. The van der Waals surface area contributed by atoms with Crippen molar-refractivity contribution in [2.45, 2.75) is 0 Å². The zero-order valence-electron chi connectivity index (χ0n) is 14.2. The maximum absolute atomic E-state index is 12.9. The second kappa shape index (κ2) is 6.82. The number of halogens is 2. The molecule has 0 amide bonds. The van der Waals surface area contributed by atoms with Crippen molar-refractivity contribution >= 4 is 40.3 Å². The van der Waals surface area contributed by atoms with E-state index < -0.39 is 11.5 Å². The van der Waals surface area contributed by atoms with E-state index in [1.807, 2.05) is 0 Å². The minimum absolute atomic E-state index is 0.178. The van der Waals surface area contributed by atoms with Gasteiger partial charge in [0.05, 0.1) is 10.6 Å². The zero-order chi connectivity index (χ0) is 20.0. The fourth-order valence-corrected chi connectivity index (χ4v) is 3.77. The lowest BCUT2D eigenvalue weighted by Crippen LogP contribution is -2.16. The van der Waals surface area contributed by atoms with Gasteiger partial charge in [-0.1, -0.05) is 47.5 Å². The Morgan fingerprint density at radius 2 is 1.46 bits per heavy atom. The lowest BCUT2D eigenvalue weighted by molar-refractivity contribution is 0.103. The molecule has 4 nitrogen and oxygen atoms in total. The lowest BCUT2D eigenvalue weighted by Gasteiger charge is -2.23. The SMILES string of the molecule is O=C(C=C1c2ccccc2C(=O)c2c(Cl)ccc(Cl)c21)c1ccc(O)c(O)c1. The molecule has 4 rings (SSSR count). The average Bonchev–Trinajstić information content (AvgIpc) is 2.69. The molecule has 0 bridgehead atoms. The van der Waals surface area contributed by atoms with Gasteiger partial charge in [0.15, 0.2) is 23.1 Å². The molecule has 6 heteroatoms. The van der Waals surface area contributed by atoms with E-state index in [0.29, 0.717) is 27.3 Å². The van der Waals surface area contributed by atoms with Gasteiger partial charge in [0, 0.05) is 21.7 Å². The zero-order valence-corrected chi connectivity index (χ0v) is 15.8. The molecule has 0 aromatic heterocycles. The van der Waals surface area contributed by atoms with Crippen LogP contribution in [0.15, 0.2) is 60.7 Å². The summed E-state index contributed by atoms with van der Waals surface area (Å²) in [5, 5.41) is 19.7. The number of aromatic hydroxyl groups is 2. The van der Waals surface area contributed by atoms with Gasteiger partial charge in [0.1, 0.15) is 0 Å². The summed E-state index contributed by atoms with van der Waals surface area (Å²) in [5.41, 5.74) is 2.29. The van der Waals surface area contributed by atoms with Gasteiger partial charge in [-0.2, -0.15) is 0 Å². The predicted octanol–water partition coefficient (Wildman–Crippen LogP) is 5.26. The summed E-state index contributed by atoms with van der Waals surface area (Å²) in [5.74, 6) is -1.40. The Morgan fingerprint density at radius 1 is 0.821 bits per heavy atom. The van der Waals surface area contributed by atoms with Crippen molar-refractivity contribution in [3.05, 3.63) is 98.5 Å². The summed E-state index contributed by atoms with van der Waals surface area (Å²) >= 11 is 12.7. The molecule has 0 fully saturated rings. The first-order chi connectivity index (χ1) is 13.4. The number of fused-ring (bicyclic) bond motifs is 2. The Hall–Kier alpha value is -3.08. The average molecular weight is 411 g/mol. The standard InChI is InChI=1S/C22H12Cl2O4/c23-15-6-7-16(24)21-20(15)14(12-3-1-2-4-13(12)22(21)28)10-18(26)11-5-8-17(25)19(27)9-11/h1-10,25,27H. The van der Waals surface area contributed by atoms with E-state index >= 15 is 0 Å². The van der Waals surface area contributed by atoms with Gasteiger partial charge in [0.25, 0.3) is 0 Å². The summed E-state index contributed by atoms with van der Waals surface area (Å²) < 4.78 is 0. The highest BCUT2D eigenvalue weighted by Gasteiger charge is 2.31. The number of ketones is 2. The van der Waals surface area contributed by atoms with Gasteiger partial charge in [-0.25, -0.2) is 0 Å². The molecular weight excluding hydrogens is 399 g/mol. The summed E-state index contributed by atoms with van der Waals surface area (Å²) in [6.07, 6.45) is 1.36. The molecule has 1 aliphatic carbocycles. The summed E-state index contributed by atoms with van der Waals surface area (Å²) in [6.45, 7) is 0. The van der Waals surface area contributed by atoms with E-state index in [9.17, 15) is 19.8 Å². The van der Waals surface area contributed by atoms with E-state index in [4.69, 9.17) is 23.2 Å². The van der Waals surface area contributed by atoms with Crippen molar-refractivity contribution in [2.24, 2.45) is 0 Å². The molecule has 0 atom stereocenters. The fourth-order valence-electron chi connectivity index (χ4n) is 3.26. The summed E-state index contributed by atoms with van der Waals surface area (Å²) in [7, 11) is 0. The molecular formula is C22H12Cl2O4. The van der Waals surface area contributed by atoms with E-state index in [1.165, 1.54) is 24.3 Å². The highest BCUT2D eigenvalue weighted by molar-refractivity contribution is 6.40. The molecule has 0 saturated carbocycles. The summed E-state index contributed by atoms with van der Waals surface area (Å²) in [4.78, 5) is 25.8. The van der Waals surface area contributed by atoms with Crippen molar-refractivity contribution in [3.63, 3.8) is 0 Å². The number of benzene rings is 3. The monoisotopic (exact) mass is 410 g/mol. The van der Waals surface area contributed by atoms with Gasteiger partial charge in [-0.15, -0.1) is 0 Å². The van der Waals surface area contributed by atoms with Crippen LogP contribution in [0.4, 0.5) is 0 Å². The molecule has 28 heavy (non-hydrogen) atoms. The Morgan fingerprint density at radius 3 is 2.14 bits per heavy atom. The molecule has 0 saturated heterocycles. The van der Waals surface area contributed by atoms with Crippen LogP contribution < -0.4 is 0 Å². The van der Waals surface area contributed by atoms with Crippen LogP contribution in [0.5, 0.6) is 11.5 Å². The van der Waals surface area contributed by atoms with Crippen LogP contribution >= 0.6 is 23.2 Å². The van der Waals surface area contributed by atoms with Crippen molar-refractivity contribution in [3.8, 4) is 11.5 Å². The van der Waals surface area contributed by atoms with E-state index in [1.54, 1.807) is 36.4 Å². The number of hydrogen-bond donors (Lipinski definition) is 2.